The van der Waals surface area contributed by atoms with Crippen molar-refractivity contribution in [3.8, 4) is 11.9 Å². The number of unbranched alkanes of at least 4 members (excludes halogenated alkanes) is 1. The molecule has 3 heterocycles. The fraction of sp³-hybridized carbons (Fsp3) is 0.609. The van der Waals surface area contributed by atoms with Crippen molar-refractivity contribution in [3.63, 3.8) is 0 Å². The largest absolute Gasteiger partial charge is 0.354 e. The maximum absolute atomic E-state index is 4.80. The summed E-state index contributed by atoms with van der Waals surface area (Å²) in [4.78, 5) is 23.5. The standard InChI is InChI=1S/C23H36N8/c1-7-11-12-18(8-2)13-24-21-27-22(30-14-16(5)25-19(30)9-3)29-23(28-21)31-15-17(6)26-20(31)10-4/h14-15,18H,7-13H2,1-6H3,(H,24,27,28,29). The number of hydrogen-bond acceptors (Lipinski definition) is 6. The molecule has 0 spiro atoms. The fourth-order valence-electron chi connectivity index (χ4n) is 3.77. The average molecular weight is 425 g/mol. The lowest BCUT2D eigenvalue weighted by atomic mass is 9.99. The second kappa shape index (κ2) is 10.5. The van der Waals surface area contributed by atoms with Gasteiger partial charge in [-0.3, -0.25) is 9.13 Å². The third kappa shape index (κ3) is 5.48. The van der Waals surface area contributed by atoms with Gasteiger partial charge in [0.25, 0.3) is 0 Å². The Morgan fingerprint density at radius 3 is 1.81 bits per heavy atom. The van der Waals surface area contributed by atoms with Crippen molar-refractivity contribution < 1.29 is 0 Å². The van der Waals surface area contributed by atoms with Crippen molar-refractivity contribution in [1.29, 1.82) is 0 Å². The maximum atomic E-state index is 4.80. The van der Waals surface area contributed by atoms with Crippen LogP contribution in [0, 0.1) is 19.8 Å². The quantitative estimate of drug-likeness (QED) is 0.484. The third-order valence-electron chi connectivity index (χ3n) is 5.57. The molecule has 0 bridgehead atoms. The zero-order valence-electron chi connectivity index (χ0n) is 19.8. The van der Waals surface area contributed by atoms with E-state index >= 15 is 0 Å². The summed E-state index contributed by atoms with van der Waals surface area (Å²) in [6.45, 7) is 13.5. The van der Waals surface area contributed by atoms with Gasteiger partial charge in [-0.2, -0.15) is 15.0 Å². The van der Waals surface area contributed by atoms with Gasteiger partial charge >= 0.3 is 0 Å². The number of aryl methyl sites for hydroxylation is 4. The first-order valence-corrected chi connectivity index (χ1v) is 11.6. The lowest BCUT2D eigenvalue weighted by molar-refractivity contribution is 0.471. The van der Waals surface area contributed by atoms with E-state index in [1.54, 1.807) is 0 Å². The van der Waals surface area contributed by atoms with Crippen LogP contribution >= 0.6 is 0 Å². The number of rotatable bonds is 11. The monoisotopic (exact) mass is 424 g/mol. The molecule has 0 amide bonds. The highest BCUT2D eigenvalue weighted by Gasteiger charge is 2.16. The van der Waals surface area contributed by atoms with Crippen LogP contribution in [0.3, 0.4) is 0 Å². The van der Waals surface area contributed by atoms with Crippen LogP contribution in [0.15, 0.2) is 12.4 Å². The summed E-state index contributed by atoms with van der Waals surface area (Å²) in [6, 6.07) is 0. The number of imidazole rings is 2. The Morgan fingerprint density at radius 2 is 1.35 bits per heavy atom. The zero-order valence-corrected chi connectivity index (χ0v) is 19.8. The first-order valence-electron chi connectivity index (χ1n) is 11.6. The maximum Gasteiger partial charge on any atom is 0.241 e. The Labute approximate surface area is 185 Å². The summed E-state index contributed by atoms with van der Waals surface area (Å²) >= 11 is 0. The second-order valence-corrected chi connectivity index (χ2v) is 8.10. The first-order chi connectivity index (χ1) is 15.0. The highest BCUT2D eigenvalue weighted by atomic mass is 15.3. The van der Waals surface area contributed by atoms with E-state index in [0.29, 0.717) is 23.8 Å². The summed E-state index contributed by atoms with van der Waals surface area (Å²) in [5, 5.41) is 3.48. The molecule has 1 unspecified atom stereocenters. The van der Waals surface area contributed by atoms with Gasteiger partial charge in [-0.05, 0) is 26.2 Å². The third-order valence-corrected chi connectivity index (χ3v) is 5.57. The number of hydrogen-bond donors (Lipinski definition) is 1. The smallest absolute Gasteiger partial charge is 0.241 e. The number of anilines is 1. The highest BCUT2D eigenvalue weighted by Crippen LogP contribution is 2.18. The summed E-state index contributed by atoms with van der Waals surface area (Å²) in [5.74, 6) is 4.24. The molecular formula is C23H36N8. The minimum Gasteiger partial charge on any atom is -0.354 e. The Kier molecular flexibility index (Phi) is 7.76. The van der Waals surface area contributed by atoms with Gasteiger partial charge in [0.05, 0.1) is 11.4 Å². The van der Waals surface area contributed by atoms with Gasteiger partial charge in [-0.15, -0.1) is 0 Å². The van der Waals surface area contributed by atoms with Gasteiger partial charge in [0.1, 0.15) is 11.6 Å². The van der Waals surface area contributed by atoms with Crippen LogP contribution in [0.1, 0.15) is 76.4 Å². The van der Waals surface area contributed by atoms with Gasteiger partial charge < -0.3 is 5.32 Å². The van der Waals surface area contributed by atoms with Crippen molar-refractivity contribution in [2.75, 3.05) is 11.9 Å². The van der Waals surface area contributed by atoms with Gasteiger partial charge in [-0.1, -0.05) is 47.0 Å². The molecule has 0 aliphatic carbocycles. The predicted molar refractivity (Wildman–Crippen MR) is 124 cm³/mol. The van der Waals surface area contributed by atoms with E-state index in [2.05, 4.69) is 43.0 Å². The van der Waals surface area contributed by atoms with Gasteiger partial charge in [0.15, 0.2) is 0 Å². The molecule has 168 valence electrons. The topological polar surface area (TPSA) is 86.3 Å². The Morgan fingerprint density at radius 1 is 0.806 bits per heavy atom. The Bertz CT molecular complexity index is 921. The molecule has 0 saturated heterocycles. The van der Waals surface area contributed by atoms with Crippen LogP contribution in [0.4, 0.5) is 5.95 Å². The summed E-state index contributed by atoms with van der Waals surface area (Å²) < 4.78 is 3.94. The molecule has 8 nitrogen and oxygen atoms in total. The van der Waals surface area contributed by atoms with E-state index in [0.717, 1.165) is 48.8 Å². The van der Waals surface area contributed by atoms with Gasteiger partial charge in [0, 0.05) is 31.8 Å². The van der Waals surface area contributed by atoms with Crippen LogP contribution in [0.5, 0.6) is 0 Å². The molecule has 8 heteroatoms. The molecule has 0 aromatic carbocycles. The number of nitrogens with one attached hydrogen (secondary N) is 1. The molecule has 0 radical (unpaired) electrons. The van der Waals surface area contributed by atoms with Crippen molar-refractivity contribution in [1.82, 2.24) is 34.1 Å². The lowest BCUT2D eigenvalue weighted by Gasteiger charge is -2.16. The van der Waals surface area contributed by atoms with Crippen LogP contribution in [0.2, 0.25) is 0 Å². The van der Waals surface area contributed by atoms with E-state index in [1.807, 2.05) is 35.4 Å². The SMILES string of the molecule is CCCCC(CC)CNc1nc(-n2cc(C)nc2CC)nc(-n2cc(C)nc2CC)n1. The molecule has 0 aliphatic rings. The fourth-order valence-corrected chi connectivity index (χ4v) is 3.77. The van der Waals surface area contributed by atoms with Crippen molar-refractivity contribution in [2.45, 2.75) is 80.1 Å². The molecule has 31 heavy (non-hydrogen) atoms. The highest BCUT2D eigenvalue weighted by molar-refractivity contribution is 5.35. The first kappa shape index (κ1) is 22.9. The van der Waals surface area contributed by atoms with E-state index < -0.39 is 0 Å². The predicted octanol–water partition coefficient (Wildman–Crippen LogP) is 4.61. The summed E-state index contributed by atoms with van der Waals surface area (Å²) in [6.07, 6.45) is 10.4. The van der Waals surface area contributed by atoms with Gasteiger partial charge in [-0.25, -0.2) is 9.97 Å². The van der Waals surface area contributed by atoms with E-state index in [-0.39, 0.29) is 0 Å². The molecule has 0 saturated carbocycles. The van der Waals surface area contributed by atoms with E-state index in [1.165, 1.54) is 19.3 Å². The molecule has 0 fully saturated rings. The number of aromatic nitrogens is 7. The van der Waals surface area contributed by atoms with Crippen LogP contribution < -0.4 is 5.32 Å². The minimum atomic E-state index is 0.583. The van der Waals surface area contributed by atoms with Crippen LogP contribution in [-0.2, 0) is 12.8 Å². The molecule has 3 aromatic rings. The van der Waals surface area contributed by atoms with Crippen LogP contribution in [0.25, 0.3) is 11.9 Å². The lowest BCUT2D eigenvalue weighted by Crippen LogP contribution is -2.18. The second-order valence-electron chi connectivity index (χ2n) is 8.10. The molecule has 3 aromatic heterocycles. The molecule has 0 aliphatic heterocycles. The molecular weight excluding hydrogens is 388 g/mol. The Hall–Kier alpha value is -2.77. The van der Waals surface area contributed by atoms with Gasteiger partial charge in [0.2, 0.25) is 17.8 Å². The van der Waals surface area contributed by atoms with E-state index in [9.17, 15) is 0 Å². The normalized spacial score (nSPS) is 12.3. The zero-order chi connectivity index (χ0) is 22.4. The van der Waals surface area contributed by atoms with Crippen molar-refractivity contribution >= 4 is 5.95 Å². The average Bonchev–Trinajstić information content (AvgIpc) is 3.35. The number of nitrogens with zero attached hydrogens (tertiary/aromatic N) is 7. The Balaban J connectivity index is 2.01. The molecule has 1 N–H and O–H groups in total. The molecule has 1 atom stereocenters. The molecule has 3 rings (SSSR count). The van der Waals surface area contributed by atoms with Crippen molar-refractivity contribution in [3.05, 3.63) is 35.4 Å². The van der Waals surface area contributed by atoms with Crippen molar-refractivity contribution in [2.24, 2.45) is 5.92 Å². The summed E-state index contributed by atoms with van der Waals surface area (Å²) in [5.41, 5.74) is 1.90. The van der Waals surface area contributed by atoms with Crippen LogP contribution in [-0.4, -0.2) is 40.6 Å². The summed E-state index contributed by atoms with van der Waals surface area (Å²) in [7, 11) is 0. The van der Waals surface area contributed by atoms with E-state index in [4.69, 9.17) is 15.0 Å². The minimum absolute atomic E-state index is 0.583.